The standard InChI is InChI=1S/C23H29N8O7P/c1-12(2)36-22(33)13(3)30-39(34,38-14-7-5-4-6-8-14)35-10-16-18(32)15(9-24)21(37-16)31-11-27-17-19(25)28-23(26)29-20(17)31/h4-8,11-13,15-16,18,21,32H,10H2,1-3H3,(H,30,34)(H4,25,26,28,29)/t13-,15-,16-,18+,21-,39-/m1/s1. The molecule has 0 unspecified atom stereocenters. The molecule has 1 fully saturated rings. The number of imidazole rings is 1. The summed E-state index contributed by atoms with van der Waals surface area (Å²) in [5, 5.41) is 23.2. The smallest absolute Gasteiger partial charge is 0.459 e. The van der Waals surface area contributed by atoms with E-state index in [0.717, 1.165) is 0 Å². The fraction of sp³-hybridized carbons (Fsp3) is 0.435. The zero-order chi connectivity index (χ0) is 28.3. The summed E-state index contributed by atoms with van der Waals surface area (Å²) in [4.78, 5) is 24.5. The van der Waals surface area contributed by atoms with E-state index < -0.39 is 56.8 Å². The number of hydrogen-bond acceptors (Lipinski definition) is 13. The summed E-state index contributed by atoms with van der Waals surface area (Å²) in [7, 11) is -4.23. The summed E-state index contributed by atoms with van der Waals surface area (Å²) < 4.78 is 37.5. The lowest BCUT2D eigenvalue weighted by Gasteiger charge is -2.25. The van der Waals surface area contributed by atoms with Crippen LogP contribution in [-0.2, 0) is 23.4 Å². The van der Waals surface area contributed by atoms with Crippen molar-refractivity contribution in [1.82, 2.24) is 24.6 Å². The zero-order valence-electron chi connectivity index (χ0n) is 21.4. The number of aliphatic hydroxyl groups is 1. The maximum Gasteiger partial charge on any atom is 0.459 e. The quantitative estimate of drug-likeness (QED) is 0.204. The molecule has 0 saturated carbocycles. The van der Waals surface area contributed by atoms with Crippen molar-refractivity contribution in [2.24, 2.45) is 5.92 Å². The minimum atomic E-state index is -4.23. The average molecular weight is 561 g/mol. The van der Waals surface area contributed by atoms with Crippen molar-refractivity contribution in [2.45, 2.75) is 51.4 Å². The molecule has 6 atom stereocenters. The molecule has 16 heteroatoms. The molecule has 1 saturated heterocycles. The Hall–Kier alpha value is -3.80. The SMILES string of the molecule is CC(C)OC(=O)[C@@H](C)N[P@@](=O)(OC[C@H]1O[C@@H](n2cnc3c(N)nc(N)nc32)[C@H](C#N)[C@@H]1O)Oc1ccccc1. The van der Waals surface area contributed by atoms with Crippen LogP contribution in [0.3, 0.4) is 0 Å². The molecule has 0 spiro atoms. The number of hydrogen-bond donors (Lipinski definition) is 4. The predicted molar refractivity (Wildman–Crippen MR) is 138 cm³/mol. The summed E-state index contributed by atoms with van der Waals surface area (Å²) in [6, 6.07) is 9.14. The number of carbonyl (C=O) groups is 1. The van der Waals surface area contributed by atoms with Gasteiger partial charge in [0.05, 0.1) is 25.1 Å². The lowest BCUT2D eigenvalue weighted by atomic mass is 10.0. The van der Waals surface area contributed by atoms with Crippen LogP contribution in [0.25, 0.3) is 11.2 Å². The fourth-order valence-corrected chi connectivity index (χ4v) is 5.41. The predicted octanol–water partition coefficient (Wildman–Crippen LogP) is 1.52. The summed E-state index contributed by atoms with van der Waals surface area (Å²) in [5.74, 6) is -1.61. The van der Waals surface area contributed by atoms with E-state index >= 15 is 0 Å². The molecule has 15 nitrogen and oxygen atoms in total. The highest BCUT2D eigenvalue weighted by Crippen LogP contribution is 2.46. The second-order valence-corrected chi connectivity index (χ2v) is 10.7. The number of nitrogens with two attached hydrogens (primary N) is 2. The maximum atomic E-state index is 13.7. The zero-order valence-corrected chi connectivity index (χ0v) is 22.3. The van der Waals surface area contributed by atoms with Gasteiger partial charge in [-0.1, -0.05) is 18.2 Å². The van der Waals surface area contributed by atoms with Gasteiger partial charge >= 0.3 is 13.7 Å². The van der Waals surface area contributed by atoms with Crippen molar-refractivity contribution in [1.29, 1.82) is 5.26 Å². The molecule has 4 rings (SSSR count). The molecule has 1 aliphatic rings. The summed E-state index contributed by atoms with van der Waals surface area (Å²) >= 11 is 0. The van der Waals surface area contributed by atoms with Crippen molar-refractivity contribution >= 4 is 36.6 Å². The van der Waals surface area contributed by atoms with Gasteiger partial charge in [-0.25, -0.2) is 9.55 Å². The van der Waals surface area contributed by atoms with E-state index in [1.54, 1.807) is 44.2 Å². The first-order valence-corrected chi connectivity index (χ1v) is 13.5. The molecule has 0 bridgehead atoms. The van der Waals surface area contributed by atoms with Crippen LogP contribution >= 0.6 is 7.75 Å². The van der Waals surface area contributed by atoms with Gasteiger partial charge in [-0.2, -0.15) is 20.3 Å². The van der Waals surface area contributed by atoms with Crippen molar-refractivity contribution in [3.8, 4) is 11.8 Å². The third kappa shape index (κ3) is 6.27. The fourth-order valence-electron chi connectivity index (χ4n) is 3.91. The van der Waals surface area contributed by atoms with E-state index in [4.69, 9.17) is 30.0 Å². The topological polar surface area (TPSA) is 223 Å². The molecule has 0 aliphatic carbocycles. The minimum Gasteiger partial charge on any atom is -0.462 e. The highest BCUT2D eigenvalue weighted by atomic mass is 31.2. The Kier molecular flexibility index (Phi) is 8.34. The third-order valence-electron chi connectivity index (χ3n) is 5.69. The molecule has 1 aromatic carbocycles. The average Bonchev–Trinajstić information content (AvgIpc) is 3.43. The Morgan fingerprint density at radius 2 is 2.00 bits per heavy atom. The molecule has 6 N–H and O–H groups in total. The number of para-hydroxylation sites is 1. The van der Waals surface area contributed by atoms with Gasteiger partial charge in [-0.3, -0.25) is 13.9 Å². The van der Waals surface area contributed by atoms with Crippen LogP contribution in [0, 0.1) is 17.2 Å². The van der Waals surface area contributed by atoms with Crippen LogP contribution in [0.4, 0.5) is 11.8 Å². The van der Waals surface area contributed by atoms with Crippen molar-refractivity contribution in [3.05, 3.63) is 36.7 Å². The third-order valence-corrected chi connectivity index (χ3v) is 7.34. The van der Waals surface area contributed by atoms with Crippen molar-refractivity contribution < 1.29 is 33.0 Å². The second-order valence-electron chi connectivity index (χ2n) is 9.04. The van der Waals surface area contributed by atoms with Crippen LogP contribution in [0.15, 0.2) is 36.7 Å². The lowest BCUT2D eigenvalue weighted by molar-refractivity contribution is -0.149. The Morgan fingerprint density at radius 1 is 1.28 bits per heavy atom. The Balaban J connectivity index is 1.55. The van der Waals surface area contributed by atoms with Gasteiger partial charge < -0.3 is 30.6 Å². The number of carbonyl (C=O) groups excluding carboxylic acids is 1. The van der Waals surface area contributed by atoms with E-state index in [0.29, 0.717) is 0 Å². The van der Waals surface area contributed by atoms with Crippen LogP contribution in [0.2, 0.25) is 0 Å². The van der Waals surface area contributed by atoms with E-state index in [2.05, 4.69) is 20.0 Å². The number of nitriles is 1. The Labute approximate surface area is 223 Å². The number of ether oxygens (including phenoxy) is 2. The lowest BCUT2D eigenvalue weighted by Crippen LogP contribution is -2.37. The number of aliphatic hydroxyl groups excluding tert-OH is 1. The largest absolute Gasteiger partial charge is 0.462 e. The molecule has 2 aromatic heterocycles. The van der Waals surface area contributed by atoms with Crippen molar-refractivity contribution in [2.75, 3.05) is 18.1 Å². The van der Waals surface area contributed by atoms with Gasteiger partial charge in [-0.15, -0.1) is 0 Å². The maximum absolute atomic E-state index is 13.7. The molecule has 0 radical (unpaired) electrons. The number of esters is 1. The summed E-state index contributed by atoms with van der Waals surface area (Å²) in [6.45, 7) is 4.34. The van der Waals surface area contributed by atoms with E-state index in [1.807, 2.05) is 6.07 Å². The Morgan fingerprint density at radius 3 is 2.67 bits per heavy atom. The van der Waals surface area contributed by atoms with Gasteiger partial charge in [0.15, 0.2) is 17.7 Å². The molecule has 208 valence electrons. The highest BCUT2D eigenvalue weighted by Gasteiger charge is 2.47. The first kappa shape index (κ1) is 28.2. The number of rotatable bonds is 10. The van der Waals surface area contributed by atoms with Crippen LogP contribution in [0.1, 0.15) is 27.0 Å². The number of nitrogens with one attached hydrogen (secondary N) is 1. The van der Waals surface area contributed by atoms with Crippen LogP contribution in [0.5, 0.6) is 5.75 Å². The Bertz CT molecular complexity index is 1410. The van der Waals surface area contributed by atoms with Gasteiger partial charge in [0, 0.05) is 0 Å². The number of nitrogen functional groups attached to an aromatic ring is 2. The number of aromatic nitrogens is 4. The first-order chi connectivity index (χ1) is 18.5. The van der Waals surface area contributed by atoms with E-state index in [-0.39, 0.29) is 28.7 Å². The molecule has 39 heavy (non-hydrogen) atoms. The number of fused-ring (bicyclic) bond motifs is 1. The summed E-state index contributed by atoms with van der Waals surface area (Å²) in [6.07, 6.45) is -2.59. The molecule has 0 amide bonds. The monoisotopic (exact) mass is 560 g/mol. The number of anilines is 2. The molecule has 3 aromatic rings. The number of benzene rings is 1. The number of nitrogens with zero attached hydrogens (tertiary/aromatic N) is 5. The normalized spacial score (nSPS) is 23.3. The molecular weight excluding hydrogens is 531 g/mol. The molecule has 3 heterocycles. The van der Waals surface area contributed by atoms with Gasteiger partial charge in [0.1, 0.15) is 35.4 Å². The van der Waals surface area contributed by atoms with Gasteiger partial charge in [-0.05, 0) is 32.9 Å². The summed E-state index contributed by atoms with van der Waals surface area (Å²) in [5.41, 5.74) is 12.0. The molecule has 1 aliphatic heterocycles. The van der Waals surface area contributed by atoms with Crippen molar-refractivity contribution in [3.63, 3.8) is 0 Å². The van der Waals surface area contributed by atoms with E-state index in [9.17, 15) is 19.7 Å². The van der Waals surface area contributed by atoms with Gasteiger partial charge in [0.2, 0.25) is 5.95 Å². The van der Waals surface area contributed by atoms with Gasteiger partial charge in [0.25, 0.3) is 0 Å². The van der Waals surface area contributed by atoms with Crippen LogP contribution < -0.4 is 21.1 Å². The first-order valence-electron chi connectivity index (χ1n) is 12.0. The second kappa shape index (κ2) is 11.5. The van der Waals surface area contributed by atoms with E-state index in [1.165, 1.54) is 17.8 Å². The minimum absolute atomic E-state index is 0.0402. The van der Waals surface area contributed by atoms with Crippen LogP contribution in [-0.4, -0.2) is 61.6 Å². The highest BCUT2D eigenvalue weighted by molar-refractivity contribution is 7.52. The molecular formula is C23H29N8O7P.